The van der Waals surface area contributed by atoms with Gasteiger partial charge in [-0.25, -0.2) is 4.79 Å². The van der Waals surface area contributed by atoms with Gasteiger partial charge in [-0.15, -0.1) is 10.2 Å². The fourth-order valence-corrected chi connectivity index (χ4v) is 2.34. The Labute approximate surface area is 151 Å². The summed E-state index contributed by atoms with van der Waals surface area (Å²) in [6.07, 6.45) is -0.136. The van der Waals surface area contributed by atoms with Gasteiger partial charge in [0, 0.05) is 11.6 Å². The fraction of sp³-hybridized carbons (Fsp3) is 0.471. The smallest absolute Gasteiger partial charge is 0.407 e. The van der Waals surface area contributed by atoms with Crippen LogP contribution in [0.15, 0.2) is 24.3 Å². The van der Waals surface area contributed by atoms with Gasteiger partial charge in [-0.3, -0.25) is 4.79 Å². The third-order valence-corrected chi connectivity index (χ3v) is 3.37. The first-order valence-corrected chi connectivity index (χ1v) is 8.16. The zero-order chi connectivity index (χ0) is 19.2. The monoisotopic (exact) mass is 361 g/mol. The topological polar surface area (TPSA) is 119 Å². The van der Waals surface area contributed by atoms with Gasteiger partial charge >= 0.3 is 12.1 Å². The molecule has 9 nitrogen and oxygen atoms in total. The van der Waals surface area contributed by atoms with Crippen LogP contribution in [0.3, 0.4) is 0 Å². The Kier molecular flexibility index (Phi) is 6.26. The maximum atomic E-state index is 12.1. The number of nitrogens with zero attached hydrogens (tertiary/aromatic N) is 3. The number of esters is 1. The van der Waals surface area contributed by atoms with E-state index in [1.165, 1.54) is 7.11 Å². The SMILES string of the molecule is COC(=O)C[C@@H](Cc1cccc(-c2nn[nH]n2)c1)NC(=O)OC(C)(C)C. The Morgan fingerprint density at radius 1 is 1.31 bits per heavy atom. The molecule has 1 aromatic carbocycles. The lowest BCUT2D eigenvalue weighted by Crippen LogP contribution is -2.41. The van der Waals surface area contributed by atoms with Crippen molar-refractivity contribution in [3.05, 3.63) is 29.8 Å². The van der Waals surface area contributed by atoms with E-state index in [9.17, 15) is 9.59 Å². The molecular formula is C17H23N5O4. The van der Waals surface area contributed by atoms with Crippen LogP contribution in [0.5, 0.6) is 0 Å². The van der Waals surface area contributed by atoms with E-state index in [2.05, 4.69) is 25.9 Å². The number of ether oxygens (including phenoxy) is 2. The molecule has 2 N–H and O–H groups in total. The van der Waals surface area contributed by atoms with Crippen molar-refractivity contribution in [2.24, 2.45) is 0 Å². The van der Waals surface area contributed by atoms with Crippen LogP contribution in [0.4, 0.5) is 4.79 Å². The van der Waals surface area contributed by atoms with Crippen LogP contribution in [0.2, 0.25) is 0 Å². The normalized spacial score (nSPS) is 12.3. The first-order valence-electron chi connectivity index (χ1n) is 8.16. The molecule has 0 fully saturated rings. The summed E-state index contributed by atoms with van der Waals surface area (Å²) in [5, 5.41) is 16.6. The number of rotatable bonds is 6. The molecule has 1 heterocycles. The van der Waals surface area contributed by atoms with E-state index in [4.69, 9.17) is 9.47 Å². The molecule has 1 aromatic heterocycles. The van der Waals surface area contributed by atoms with Gasteiger partial charge < -0.3 is 14.8 Å². The molecular weight excluding hydrogens is 338 g/mol. The number of tetrazole rings is 1. The van der Waals surface area contributed by atoms with E-state index in [0.29, 0.717) is 12.2 Å². The molecule has 2 rings (SSSR count). The maximum absolute atomic E-state index is 12.1. The highest BCUT2D eigenvalue weighted by molar-refractivity contribution is 5.73. The highest BCUT2D eigenvalue weighted by Gasteiger charge is 2.22. The van der Waals surface area contributed by atoms with E-state index in [-0.39, 0.29) is 6.42 Å². The van der Waals surface area contributed by atoms with Crippen LogP contribution >= 0.6 is 0 Å². The highest BCUT2D eigenvalue weighted by atomic mass is 16.6. The van der Waals surface area contributed by atoms with E-state index in [0.717, 1.165) is 11.1 Å². The molecule has 0 aliphatic heterocycles. The number of methoxy groups -OCH3 is 1. The average molecular weight is 361 g/mol. The number of aromatic amines is 1. The number of alkyl carbamates (subject to hydrolysis) is 1. The molecule has 0 bridgehead atoms. The summed E-state index contributed by atoms with van der Waals surface area (Å²) in [5.41, 5.74) is 1.06. The van der Waals surface area contributed by atoms with Crippen molar-refractivity contribution < 1.29 is 19.1 Å². The van der Waals surface area contributed by atoms with E-state index < -0.39 is 23.7 Å². The number of benzene rings is 1. The molecule has 140 valence electrons. The number of carbonyl (C=O) groups excluding carboxylic acids is 2. The first kappa shape index (κ1) is 19.4. The molecule has 1 atom stereocenters. The molecule has 0 aliphatic rings. The molecule has 9 heteroatoms. The minimum Gasteiger partial charge on any atom is -0.469 e. The molecule has 0 aliphatic carbocycles. The van der Waals surface area contributed by atoms with Gasteiger partial charge in [0.05, 0.1) is 13.5 Å². The Morgan fingerprint density at radius 3 is 2.69 bits per heavy atom. The van der Waals surface area contributed by atoms with Gasteiger partial charge in [0.25, 0.3) is 0 Å². The van der Waals surface area contributed by atoms with Crippen LogP contribution in [-0.2, 0) is 20.7 Å². The Morgan fingerprint density at radius 2 is 2.08 bits per heavy atom. The van der Waals surface area contributed by atoms with Gasteiger partial charge in [0.2, 0.25) is 5.82 Å². The van der Waals surface area contributed by atoms with Gasteiger partial charge in [0.1, 0.15) is 5.60 Å². The largest absolute Gasteiger partial charge is 0.469 e. The Balaban J connectivity index is 2.12. The number of hydrogen-bond acceptors (Lipinski definition) is 7. The summed E-state index contributed by atoms with van der Waals surface area (Å²) in [6, 6.07) is 7.00. The zero-order valence-electron chi connectivity index (χ0n) is 15.3. The lowest BCUT2D eigenvalue weighted by Gasteiger charge is -2.23. The minimum atomic E-state index is -0.627. The Bertz CT molecular complexity index is 740. The second-order valence-electron chi connectivity index (χ2n) is 6.76. The quantitative estimate of drug-likeness (QED) is 0.754. The van der Waals surface area contributed by atoms with E-state index in [1.807, 2.05) is 24.3 Å². The van der Waals surface area contributed by atoms with Crippen molar-refractivity contribution in [2.45, 2.75) is 45.3 Å². The molecule has 26 heavy (non-hydrogen) atoms. The van der Waals surface area contributed by atoms with Gasteiger partial charge in [-0.2, -0.15) is 5.21 Å². The standard InChI is InChI=1S/C17H23N5O4/c1-17(2,3)26-16(24)18-13(10-14(23)25-4)9-11-6-5-7-12(8-11)15-19-21-22-20-15/h5-8,13H,9-10H2,1-4H3,(H,18,24)(H,19,20,21,22)/t13-/m1/s1. The maximum Gasteiger partial charge on any atom is 0.407 e. The summed E-state index contributed by atoms with van der Waals surface area (Å²) in [6.45, 7) is 5.32. The molecule has 2 aromatic rings. The summed E-state index contributed by atoms with van der Waals surface area (Å²) in [4.78, 5) is 23.8. The molecule has 0 saturated carbocycles. The van der Waals surface area contributed by atoms with Crippen LogP contribution in [-0.4, -0.2) is 51.4 Å². The lowest BCUT2D eigenvalue weighted by molar-refractivity contribution is -0.141. The van der Waals surface area contributed by atoms with Crippen molar-refractivity contribution in [3.63, 3.8) is 0 Å². The van der Waals surface area contributed by atoms with Crippen LogP contribution in [0.1, 0.15) is 32.8 Å². The van der Waals surface area contributed by atoms with Crippen molar-refractivity contribution in [1.82, 2.24) is 25.9 Å². The minimum absolute atomic E-state index is 0.0299. The van der Waals surface area contributed by atoms with Crippen molar-refractivity contribution in [3.8, 4) is 11.4 Å². The number of carbonyl (C=O) groups is 2. The number of nitrogens with one attached hydrogen (secondary N) is 2. The van der Waals surface area contributed by atoms with Crippen LogP contribution in [0.25, 0.3) is 11.4 Å². The average Bonchev–Trinajstić information content (AvgIpc) is 3.07. The molecule has 1 amide bonds. The molecule has 0 spiro atoms. The lowest BCUT2D eigenvalue weighted by atomic mass is 10.0. The first-order chi connectivity index (χ1) is 12.3. The number of amides is 1. The third-order valence-electron chi connectivity index (χ3n) is 3.37. The van der Waals surface area contributed by atoms with Gasteiger partial charge in [0.15, 0.2) is 0 Å². The number of hydrogen-bond donors (Lipinski definition) is 2. The summed E-state index contributed by atoms with van der Waals surface area (Å²) in [5.74, 6) is 0.0526. The van der Waals surface area contributed by atoms with Crippen LogP contribution < -0.4 is 5.32 Å². The van der Waals surface area contributed by atoms with Gasteiger partial charge in [-0.1, -0.05) is 18.2 Å². The highest BCUT2D eigenvalue weighted by Crippen LogP contribution is 2.17. The van der Waals surface area contributed by atoms with Crippen LogP contribution in [0, 0.1) is 0 Å². The second kappa shape index (κ2) is 8.41. The van der Waals surface area contributed by atoms with Gasteiger partial charge in [-0.05, 0) is 44.0 Å². The van der Waals surface area contributed by atoms with E-state index >= 15 is 0 Å². The summed E-state index contributed by atoms with van der Waals surface area (Å²) >= 11 is 0. The summed E-state index contributed by atoms with van der Waals surface area (Å²) in [7, 11) is 1.31. The molecule has 0 saturated heterocycles. The van der Waals surface area contributed by atoms with Crippen molar-refractivity contribution >= 4 is 12.1 Å². The number of aromatic nitrogens is 4. The number of H-pyrrole nitrogens is 1. The molecule has 0 unspecified atom stereocenters. The second-order valence-corrected chi connectivity index (χ2v) is 6.76. The zero-order valence-corrected chi connectivity index (χ0v) is 15.3. The fourth-order valence-electron chi connectivity index (χ4n) is 2.34. The van der Waals surface area contributed by atoms with Crippen molar-refractivity contribution in [1.29, 1.82) is 0 Å². The predicted octanol–water partition coefficient (Wildman–Crippen LogP) is 1.87. The Hall–Kier alpha value is -2.97. The van der Waals surface area contributed by atoms with E-state index in [1.54, 1.807) is 20.8 Å². The third kappa shape index (κ3) is 6.15. The van der Waals surface area contributed by atoms with Crippen molar-refractivity contribution in [2.75, 3.05) is 7.11 Å². The summed E-state index contributed by atoms with van der Waals surface area (Å²) < 4.78 is 9.99. The predicted molar refractivity (Wildman–Crippen MR) is 93.1 cm³/mol. The molecule has 0 radical (unpaired) electrons.